The number of amides is 1. The third-order valence-electron chi connectivity index (χ3n) is 5.11. The van der Waals surface area contributed by atoms with Gasteiger partial charge in [-0.05, 0) is 50.7 Å². The Bertz CT molecular complexity index is 838. The van der Waals surface area contributed by atoms with Crippen LogP contribution >= 0.6 is 0 Å². The van der Waals surface area contributed by atoms with E-state index in [9.17, 15) is 9.59 Å². The Hall–Kier alpha value is -2.63. The molecule has 1 aromatic carbocycles. The van der Waals surface area contributed by atoms with Gasteiger partial charge < -0.3 is 10.1 Å². The monoisotopic (exact) mass is 399 g/mol. The summed E-state index contributed by atoms with van der Waals surface area (Å²) in [6.45, 7) is 10.8. The summed E-state index contributed by atoms with van der Waals surface area (Å²) in [7, 11) is 1.34. The van der Waals surface area contributed by atoms with Crippen molar-refractivity contribution in [3.63, 3.8) is 0 Å². The summed E-state index contributed by atoms with van der Waals surface area (Å²) in [4.78, 5) is 24.3. The van der Waals surface area contributed by atoms with Gasteiger partial charge in [0.05, 0.1) is 19.3 Å². The molecule has 1 unspecified atom stereocenters. The smallest absolute Gasteiger partial charge is 0.328 e. The van der Waals surface area contributed by atoms with Crippen molar-refractivity contribution in [2.75, 3.05) is 7.11 Å². The highest BCUT2D eigenvalue weighted by molar-refractivity contribution is 5.84. The summed E-state index contributed by atoms with van der Waals surface area (Å²) in [6.07, 6.45) is 1.46. The van der Waals surface area contributed by atoms with Gasteiger partial charge in [0.15, 0.2) is 0 Å². The van der Waals surface area contributed by atoms with Gasteiger partial charge in [-0.2, -0.15) is 5.10 Å². The zero-order chi connectivity index (χ0) is 21.6. The number of nitrogens with one attached hydrogen (secondary N) is 1. The number of carbonyl (C=O) groups excluding carboxylic acids is 2. The molecule has 0 aliphatic heterocycles. The number of methoxy groups -OCH3 is 1. The van der Waals surface area contributed by atoms with E-state index >= 15 is 0 Å². The predicted molar refractivity (Wildman–Crippen MR) is 114 cm³/mol. The van der Waals surface area contributed by atoms with Gasteiger partial charge in [-0.15, -0.1) is 0 Å². The molecule has 2 rings (SSSR count). The molecule has 0 saturated heterocycles. The van der Waals surface area contributed by atoms with Crippen LogP contribution in [0.4, 0.5) is 0 Å². The van der Waals surface area contributed by atoms with E-state index in [0.29, 0.717) is 25.8 Å². The molecule has 1 amide bonds. The van der Waals surface area contributed by atoms with Crippen LogP contribution < -0.4 is 5.32 Å². The first-order valence-corrected chi connectivity index (χ1v) is 10.2. The largest absolute Gasteiger partial charge is 0.467 e. The van der Waals surface area contributed by atoms with Crippen LogP contribution in [0.25, 0.3) is 0 Å². The van der Waals surface area contributed by atoms with Crippen LogP contribution in [0.15, 0.2) is 24.3 Å². The van der Waals surface area contributed by atoms with Crippen molar-refractivity contribution < 1.29 is 14.3 Å². The first kappa shape index (κ1) is 22.7. The number of hydrogen-bond donors (Lipinski definition) is 1. The average molecular weight is 400 g/mol. The molecule has 1 heterocycles. The number of benzene rings is 1. The summed E-state index contributed by atoms with van der Waals surface area (Å²) in [5, 5.41) is 7.48. The molecule has 0 radical (unpaired) electrons. The Kier molecular flexibility index (Phi) is 8.00. The molecule has 0 aliphatic rings. The van der Waals surface area contributed by atoms with E-state index in [4.69, 9.17) is 4.74 Å². The van der Waals surface area contributed by atoms with E-state index in [2.05, 4.69) is 41.6 Å². The van der Waals surface area contributed by atoms with Crippen LogP contribution in [0.1, 0.15) is 54.8 Å². The lowest BCUT2D eigenvalue weighted by Gasteiger charge is -2.18. The number of aromatic nitrogens is 2. The number of aryl methyl sites for hydroxylation is 2. The van der Waals surface area contributed by atoms with Gasteiger partial charge in [-0.25, -0.2) is 4.79 Å². The Morgan fingerprint density at radius 3 is 2.38 bits per heavy atom. The standard InChI is InChI=1S/C23H33N3O3/c1-15(2)13-21(23(28)29-6)24-22(27)12-11-20-17(4)25-26(18(20)5)14-19-9-7-16(3)8-10-19/h7-10,15,21H,11-14H2,1-6H3,(H,24,27). The van der Waals surface area contributed by atoms with Gasteiger partial charge in [-0.1, -0.05) is 43.7 Å². The highest BCUT2D eigenvalue weighted by Crippen LogP contribution is 2.17. The van der Waals surface area contributed by atoms with Gasteiger partial charge in [0.2, 0.25) is 5.91 Å². The molecule has 2 aromatic rings. The molecule has 0 aliphatic carbocycles. The molecule has 158 valence electrons. The fourth-order valence-electron chi connectivity index (χ4n) is 3.45. The number of hydrogen-bond acceptors (Lipinski definition) is 4. The molecular weight excluding hydrogens is 366 g/mol. The molecule has 0 bridgehead atoms. The minimum Gasteiger partial charge on any atom is -0.467 e. The van der Waals surface area contributed by atoms with Crippen LogP contribution in [0.3, 0.4) is 0 Å². The summed E-state index contributed by atoms with van der Waals surface area (Å²) < 4.78 is 6.80. The average Bonchev–Trinajstić information content (AvgIpc) is 2.93. The van der Waals surface area contributed by atoms with Crippen LogP contribution in [0, 0.1) is 26.7 Å². The first-order valence-electron chi connectivity index (χ1n) is 10.2. The second kappa shape index (κ2) is 10.2. The topological polar surface area (TPSA) is 73.2 Å². The summed E-state index contributed by atoms with van der Waals surface area (Å²) >= 11 is 0. The van der Waals surface area contributed by atoms with Crippen molar-refractivity contribution in [3.05, 3.63) is 52.3 Å². The number of ether oxygens (including phenoxy) is 1. The number of nitrogens with zero attached hydrogens (tertiary/aromatic N) is 2. The normalized spacial score (nSPS) is 12.1. The molecule has 1 N–H and O–H groups in total. The molecule has 1 atom stereocenters. The number of carbonyl (C=O) groups is 2. The second-order valence-electron chi connectivity index (χ2n) is 8.07. The molecule has 0 fully saturated rings. The highest BCUT2D eigenvalue weighted by Gasteiger charge is 2.23. The maximum Gasteiger partial charge on any atom is 0.328 e. The second-order valence-corrected chi connectivity index (χ2v) is 8.07. The van der Waals surface area contributed by atoms with Gasteiger partial charge in [-0.3, -0.25) is 9.48 Å². The minimum atomic E-state index is -0.598. The van der Waals surface area contributed by atoms with Crippen LogP contribution in [0.2, 0.25) is 0 Å². The van der Waals surface area contributed by atoms with Crippen LogP contribution in [0.5, 0.6) is 0 Å². The predicted octanol–water partition coefficient (Wildman–Crippen LogP) is 3.49. The maximum absolute atomic E-state index is 12.4. The van der Waals surface area contributed by atoms with E-state index in [1.54, 1.807) is 0 Å². The molecule has 1 aromatic heterocycles. The molecular formula is C23H33N3O3. The minimum absolute atomic E-state index is 0.147. The molecule has 29 heavy (non-hydrogen) atoms. The van der Waals surface area contributed by atoms with E-state index in [1.165, 1.54) is 18.2 Å². The first-order chi connectivity index (χ1) is 13.7. The fraction of sp³-hybridized carbons (Fsp3) is 0.522. The molecule has 0 saturated carbocycles. The third kappa shape index (κ3) is 6.44. The fourth-order valence-corrected chi connectivity index (χ4v) is 3.45. The van der Waals surface area contributed by atoms with Crippen LogP contribution in [-0.4, -0.2) is 34.8 Å². The summed E-state index contributed by atoms with van der Waals surface area (Å²) in [5.74, 6) is -0.264. The van der Waals surface area contributed by atoms with Crippen molar-refractivity contribution in [1.29, 1.82) is 0 Å². The Morgan fingerprint density at radius 1 is 1.14 bits per heavy atom. The van der Waals surface area contributed by atoms with Crippen molar-refractivity contribution in [3.8, 4) is 0 Å². The third-order valence-corrected chi connectivity index (χ3v) is 5.11. The van der Waals surface area contributed by atoms with E-state index < -0.39 is 12.0 Å². The summed E-state index contributed by atoms with van der Waals surface area (Å²) in [5.41, 5.74) is 5.53. The van der Waals surface area contributed by atoms with Crippen molar-refractivity contribution in [2.24, 2.45) is 5.92 Å². The van der Waals surface area contributed by atoms with Crippen molar-refractivity contribution >= 4 is 11.9 Å². The zero-order valence-electron chi connectivity index (χ0n) is 18.4. The van der Waals surface area contributed by atoms with Crippen molar-refractivity contribution in [2.45, 2.75) is 66.5 Å². The lowest BCUT2D eigenvalue weighted by atomic mass is 10.0. The Morgan fingerprint density at radius 2 is 1.79 bits per heavy atom. The van der Waals surface area contributed by atoms with Gasteiger partial charge in [0.25, 0.3) is 0 Å². The Balaban J connectivity index is 2.01. The quantitative estimate of drug-likeness (QED) is 0.655. The Labute approximate surface area is 173 Å². The summed E-state index contributed by atoms with van der Waals surface area (Å²) in [6, 6.07) is 7.82. The maximum atomic E-state index is 12.4. The van der Waals surface area contributed by atoms with Crippen LogP contribution in [-0.2, 0) is 27.3 Å². The van der Waals surface area contributed by atoms with Gasteiger partial charge >= 0.3 is 5.97 Å². The lowest BCUT2D eigenvalue weighted by Crippen LogP contribution is -2.42. The van der Waals surface area contributed by atoms with E-state index in [-0.39, 0.29) is 11.8 Å². The molecule has 6 heteroatoms. The highest BCUT2D eigenvalue weighted by atomic mass is 16.5. The lowest BCUT2D eigenvalue weighted by molar-refractivity contribution is -0.145. The van der Waals surface area contributed by atoms with Gasteiger partial charge in [0.1, 0.15) is 6.04 Å². The van der Waals surface area contributed by atoms with Crippen molar-refractivity contribution in [1.82, 2.24) is 15.1 Å². The molecule has 0 spiro atoms. The number of rotatable bonds is 9. The molecule has 6 nitrogen and oxygen atoms in total. The van der Waals surface area contributed by atoms with Gasteiger partial charge in [0, 0.05) is 12.1 Å². The zero-order valence-corrected chi connectivity index (χ0v) is 18.4. The van der Waals surface area contributed by atoms with E-state index in [1.807, 2.05) is 32.4 Å². The SMILES string of the molecule is COC(=O)C(CC(C)C)NC(=O)CCc1c(C)nn(Cc2ccc(C)cc2)c1C. The van der Waals surface area contributed by atoms with E-state index in [0.717, 1.165) is 17.0 Å². The number of esters is 1.